The minimum absolute atomic E-state index is 0.0568. The zero-order chi connectivity index (χ0) is 10.1. The molecular weight excluding hydrogens is 176 g/mol. The Bertz CT molecular complexity index is 336. The number of benzene rings is 1. The van der Waals surface area contributed by atoms with Crippen molar-refractivity contribution in [3.8, 4) is 0 Å². The molecule has 0 radical (unpaired) electrons. The Hall–Kier alpha value is -1.35. The summed E-state index contributed by atoms with van der Waals surface area (Å²) >= 11 is 0. The fourth-order valence-corrected chi connectivity index (χ4v) is 1.71. The number of carbonyl (C=O) groups excluding carboxylic acids is 1. The number of likely N-dealkylation sites (tertiary alicyclic amines) is 1. The van der Waals surface area contributed by atoms with E-state index in [1.54, 1.807) is 4.90 Å². The fourth-order valence-electron chi connectivity index (χ4n) is 1.71. The van der Waals surface area contributed by atoms with Crippen LogP contribution >= 0.6 is 0 Å². The molecule has 2 N–H and O–H groups in total. The van der Waals surface area contributed by atoms with Crippen LogP contribution in [0.5, 0.6) is 0 Å². The first-order valence-corrected chi connectivity index (χ1v) is 4.80. The highest BCUT2D eigenvalue weighted by molar-refractivity contribution is 5.88. The number of carbonyl (C=O) groups is 1. The second-order valence-electron chi connectivity index (χ2n) is 3.72. The van der Waals surface area contributed by atoms with Crippen LogP contribution < -0.4 is 5.73 Å². The van der Waals surface area contributed by atoms with Gasteiger partial charge in [-0.05, 0) is 12.5 Å². The summed E-state index contributed by atoms with van der Waals surface area (Å²) in [5.74, 6) is 0.0568. The summed E-state index contributed by atoms with van der Waals surface area (Å²) in [6.45, 7) is 2.66. The minimum Gasteiger partial charge on any atom is -0.332 e. The van der Waals surface area contributed by atoms with Gasteiger partial charge in [0.2, 0.25) is 5.91 Å². The number of nitrogens with two attached hydrogens (primary N) is 1. The van der Waals surface area contributed by atoms with E-state index in [0.717, 1.165) is 5.56 Å². The molecular formula is C11H14N2O. The van der Waals surface area contributed by atoms with Gasteiger partial charge in [0.1, 0.15) is 6.04 Å². The van der Waals surface area contributed by atoms with Gasteiger partial charge in [0.15, 0.2) is 0 Å². The summed E-state index contributed by atoms with van der Waals surface area (Å²) < 4.78 is 0. The molecule has 0 saturated carbocycles. The molecule has 0 bridgehead atoms. The molecule has 2 atom stereocenters. The molecule has 3 nitrogen and oxygen atoms in total. The second-order valence-corrected chi connectivity index (χ2v) is 3.72. The lowest BCUT2D eigenvalue weighted by Gasteiger charge is -2.43. The molecule has 1 aliphatic rings. The molecule has 74 valence electrons. The lowest BCUT2D eigenvalue weighted by molar-refractivity contribution is -0.149. The Morgan fingerprint density at radius 2 is 2.00 bits per heavy atom. The molecule has 2 rings (SSSR count). The van der Waals surface area contributed by atoms with Gasteiger partial charge >= 0.3 is 0 Å². The van der Waals surface area contributed by atoms with Crippen LogP contribution in [0.1, 0.15) is 12.5 Å². The molecule has 1 fully saturated rings. The van der Waals surface area contributed by atoms with Crippen LogP contribution in [0, 0.1) is 0 Å². The first kappa shape index (κ1) is 9.21. The molecule has 0 spiro atoms. The Balaban J connectivity index is 2.03. The first-order valence-electron chi connectivity index (χ1n) is 4.80. The van der Waals surface area contributed by atoms with Gasteiger partial charge in [0, 0.05) is 6.54 Å². The zero-order valence-electron chi connectivity index (χ0n) is 8.18. The quantitative estimate of drug-likeness (QED) is 0.699. The third kappa shape index (κ3) is 1.40. The third-order valence-electron chi connectivity index (χ3n) is 2.78. The zero-order valence-corrected chi connectivity index (χ0v) is 8.18. The molecule has 1 aromatic carbocycles. The maximum absolute atomic E-state index is 11.4. The Kier molecular flexibility index (Phi) is 2.25. The highest BCUT2D eigenvalue weighted by Gasteiger charge is 2.41. The number of rotatable bonds is 2. The Morgan fingerprint density at radius 1 is 1.36 bits per heavy atom. The highest BCUT2D eigenvalue weighted by Crippen LogP contribution is 2.20. The van der Waals surface area contributed by atoms with E-state index in [9.17, 15) is 4.79 Å². The molecule has 1 aliphatic heterocycles. The van der Waals surface area contributed by atoms with Crippen molar-refractivity contribution in [1.82, 2.24) is 4.90 Å². The van der Waals surface area contributed by atoms with Crippen LogP contribution in [0.15, 0.2) is 30.3 Å². The predicted molar refractivity (Wildman–Crippen MR) is 54.4 cm³/mol. The number of amides is 1. The van der Waals surface area contributed by atoms with Crippen molar-refractivity contribution in [2.75, 3.05) is 0 Å². The number of nitrogens with zero attached hydrogens (tertiary/aromatic N) is 1. The normalized spacial score (nSPS) is 26.1. The summed E-state index contributed by atoms with van der Waals surface area (Å²) in [6, 6.07) is 9.83. The van der Waals surface area contributed by atoms with Gasteiger partial charge in [-0.15, -0.1) is 0 Å². The van der Waals surface area contributed by atoms with Crippen molar-refractivity contribution >= 4 is 5.91 Å². The summed E-state index contributed by atoms with van der Waals surface area (Å²) in [5, 5.41) is 0. The average molecular weight is 190 g/mol. The number of hydrogen-bond acceptors (Lipinski definition) is 2. The minimum atomic E-state index is -0.293. The topological polar surface area (TPSA) is 46.3 Å². The van der Waals surface area contributed by atoms with Crippen molar-refractivity contribution in [2.24, 2.45) is 5.73 Å². The van der Waals surface area contributed by atoms with E-state index in [-0.39, 0.29) is 18.0 Å². The van der Waals surface area contributed by atoms with Crippen molar-refractivity contribution in [3.05, 3.63) is 35.9 Å². The van der Waals surface area contributed by atoms with Crippen LogP contribution in [-0.4, -0.2) is 22.9 Å². The van der Waals surface area contributed by atoms with Gasteiger partial charge in [-0.25, -0.2) is 0 Å². The molecule has 14 heavy (non-hydrogen) atoms. The molecule has 0 aliphatic carbocycles. The van der Waals surface area contributed by atoms with Crippen molar-refractivity contribution in [3.63, 3.8) is 0 Å². The van der Waals surface area contributed by atoms with Crippen LogP contribution in [0.3, 0.4) is 0 Å². The summed E-state index contributed by atoms with van der Waals surface area (Å²) in [4.78, 5) is 13.2. The average Bonchev–Trinajstić information content (AvgIpc) is 2.26. The van der Waals surface area contributed by atoms with Gasteiger partial charge in [-0.2, -0.15) is 0 Å². The van der Waals surface area contributed by atoms with Gasteiger partial charge < -0.3 is 10.6 Å². The SMILES string of the molecule is CC1C(N)C(=O)N1Cc1ccccc1. The Labute approximate surface area is 83.5 Å². The summed E-state index contributed by atoms with van der Waals surface area (Å²) in [7, 11) is 0. The lowest BCUT2D eigenvalue weighted by atomic mass is 9.97. The van der Waals surface area contributed by atoms with E-state index in [1.807, 2.05) is 37.3 Å². The predicted octanol–water partition coefficient (Wildman–Crippen LogP) is 0.745. The van der Waals surface area contributed by atoms with Crippen LogP contribution in [-0.2, 0) is 11.3 Å². The molecule has 1 amide bonds. The van der Waals surface area contributed by atoms with Gasteiger partial charge in [0.05, 0.1) is 6.04 Å². The van der Waals surface area contributed by atoms with E-state index in [2.05, 4.69) is 0 Å². The van der Waals surface area contributed by atoms with Crippen molar-refractivity contribution in [1.29, 1.82) is 0 Å². The molecule has 1 heterocycles. The monoisotopic (exact) mass is 190 g/mol. The maximum Gasteiger partial charge on any atom is 0.242 e. The summed E-state index contributed by atoms with van der Waals surface area (Å²) in [6.07, 6.45) is 0. The molecule has 3 heteroatoms. The third-order valence-corrected chi connectivity index (χ3v) is 2.78. The lowest BCUT2D eigenvalue weighted by Crippen LogP contribution is -2.66. The smallest absolute Gasteiger partial charge is 0.242 e. The molecule has 1 aromatic rings. The molecule has 1 saturated heterocycles. The van der Waals surface area contributed by atoms with Crippen LogP contribution in [0.25, 0.3) is 0 Å². The fraction of sp³-hybridized carbons (Fsp3) is 0.364. The van der Waals surface area contributed by atoms with Gasteiger partial charge in [-0.3, -0.25) is 4.79 Å². The molecule has 2 unspecified atom stereocenters. The number of β-lactam (4-membered cyclic amide) rings is 1. The standard InChI is InChI=1S/C11H14N2O/c1-8-10(12)11(14)13(8)7-9-5-3-2-4-6-9/h2-6,8,10H,7,12H2,1H3. The Morgan fingerprint density at radius 3 is 2.57 bits per heavy atom. The largest absolute Gasteiger partial charge is 0.332 e. The van der Waals surface area contributed by atoms with E-state index in [1.165, 1.54) is 0 Å². The molecule has 0 aromatic heterocycles. The first-order chi connectivity index (χ1) is 6.70. The maximum atomic E-state index is 11.4. The summed E-state index contributed by atoms with van der Waals surface area (Å²) in [5.41, 5.74) is 6.77. The van der Waals surface area contributed by atoms with E-state index in [4.69, 9.17) is 5.73 Å². The van der Waals surface area contributed by atoms with Crippen molar-refractivity contribution < 1.29 is 4.79 Å². The number of hydrogen-bond donors (Lipinski definition) is 1. The van der Waals surface area contributed by atoms with E-state index < -0.39 is 0 Å². The van der Waals surface area contributed by atoms with E-state index in [0.29, 0.717) is 6.54 Å². The van der Waals surface area contributed by atoms with E-state index >= 15 is 0 Å². The van der Waals surface area contributed by atoms with Gasteiger partial charge in [-0.1, -0.05) is 30.3 Å². The van der Waals surface area contributed by atoms with Crippen molar-refractivity contribution in [2.45, 2.75) is 25.6 Å². The van der Waals surface area contributed by atoms with Crippen LogP contribution in [0.2, 0.25) is 0 Å². The second kappa shape index (κ2) is 3.42. The van der Waals surface area contributed by atoms with Gasteiger partial charge in [0.25, 0.3) is 0 Å². The highest BCUT2D eigenvalue weighted by atomic mass is 16.2. The van der Waals surface area contributed by atoms with Crippen LogP contribution in [0.4, 0.5) is 0 Å².